The van der Waals surface area contributed by atoms with E-state index in [9.17, 15) is 4.79 Å². The monoisotopic (exact) mass is 304 g/mol. The summed E-state index contributed by atoms with van der Waals surface area (Å²) >= 11 is 3.55. The zero-order chi connectivity index (χ0) is 12.5. The van der Waals surface area contributed by atoms with Crippen LogP contribution in [0.4, 0.5) is 5.82 Å². The molecule has 0 saturated carbocycles. The first-order valence-corrected chi connectivity index (χ1v) is 6.85. The maximum Gasteiger partial charge on any atom is 0.152 e. The molecule has 2 aromatic rings. The van der Waals surface area contributed by atoms with Crippen LogP contribution >= 0.6 is 15.9 Å². The Hall–Kier alpha value is -1.42. The van der Waals surface area contributed by atoms with E-state index in [0.717, 1.165) is 34.0 Å². The molecule has 0 radical (unpaired) electrons. The van der Waals surface area contributed by atoms with E-state index >= 15 is 0 Å². The summed E-state index contributed by atoms with van der Waals surface area (Å²) in [4.78, 5) is 18.1. The highest BCUT2D eigenvalue weighted by atomic mass is 79.9. The highest BCUT2D eigenvalue weighted by Crippen LogP contribution is 2.30. The molecule has 0 spiro atoms. The largest absolute Gasteiger partial charge is 0.349 e. The number of carbonyl (C=O) groups is 1. The summed E-state index contributed by atoms with van der Waals surface area (Å²) in [7, 11) is 0. The Balaban J connectivity index is 2.11. The van der Waals surface area contributed by atoms with Gasteiger partial charge in [-0.25, -0.2) is 4.98 Å². The van der Waals surface area contributed by atoms with Gasteiger partial charge in [-0.3, -0.25) is 4.79 Å². The fourth-order valence-electron chi connectivity index (χ4n) is 2.42. The summed E-state index contributed by atoms with van der Waals surface area (Å²) < 4.78 is 1.06. The fourth-order valence-corrected chi connectivity index (χ4v) is 2.92. The lowest BCUT2D eigenvalue weighted by Crippen LogP contribution is -2.36. The van der Waals surface area contributed by atoms with Gasteiger partial charge in [0.2, 0.25) is 0 Å². The predicted octanol–water partition coefficient (Wildman–Crippen LogP) is 3.17. The summed E-state index contributed by atoms with van der Waals surface area (Å²) in [6.07, 6.45) is 3.43. The number of halogens is 1. The maximum absolute atomic E-state index is 11.6. The molecule has 3 rings (SSSR count). The van der Waals surface area contributed by atoms with Crippen molar-refractivity contribution < 1.29 is 4.79 Å². The molecule has 92 valence electrons. The third-order valence-electron chi connectivity index (χ3n) is 3.28. The second-order valence-electron chi connectivity index (χ2n) is 4.53. The molecule has 18 heavy (non-hydrogen) atoms. The van der Waals surface area contributed by atoms with Crippen LogP contribution in [0.25, 0.3) is 10.8 Å². The van der Waals surface area contributed by atoms with Crippen molar-refractivity contribution in [1.29, 1.82) is 0 Å². The topological polar surface area (TPSA) is 33.2 Å². The van der Waals surface area contributed by atoms with Crippen LogP contribution in [0.15, 0.2) is 34.9 Å². The molecule has 1 aliphatic heterocycles. The van der Waals surface area contributed by atoms with Gasteiger partial charge in [0.25, 0.3) is 0 Å². The molecule has 0 aliphatic carbocycles. The average molecular weight is 305 g/mol. The highest BCUT2D eigenvalue weighted by molar-refractivity contribution is 9.10. The van der Waals surface area contributed by atoms with Gasteiger partial charge in [0.1, 0.15) is 5.82 Å². The maximum atomic E-state index is 11.6. The van der Waals surface area contributed by atoms with Crippen molar-refractivity contribution >= 4 is 38.3 Å². The van der Waals surface area contributed by atoms with Gasteiger partial charge in [-0.15, -0.1) is 0 Å². The number of hydrogen-bond donors (Lipinski definition) is 0. The van der Waals surface area contributed by atoms with E-state index < -0.39 is 0 Å². The summed E-state index contributed by atoms with van der Waals surface area (Å²) in [5.74, 6) is 1.22. The van der Waals surface area contributed by atoms with Crippen molar-refractivity contribution in [2.75, 3.05) is 18.0 Å². The lowest BCUT2D eigenvalue weighted by atomic mass is 10.1. The minimum absolute atomic E-state index is 0.301. The Morgan fingerprint density at radius 1 is 1.22 bits per heavy atom. The number of nitrogens with zero attached hydrogens (tertiary/aromatic N) is 2. The molecule has 3 nitrogen and oxygen atoms in total. The molecule has 1 aromatic carbocycles. The number of carbonyl (C=O) groups excluding carboxylic acids is 1. The van der Waals surface area contributed by atoms with E-state index in [0.29, 0.717) is 18.7 Å². The molecule has 1 aromatic heterocycles. The Kier molecular flexibility index (Phi) is 3.04. The molecule has 2 heterocycles. The molecular formula is C14H13BrN2O. The quantitative estimate of drug-likeness (QED) is 0.811. The van der Waals surface area contributed by atoms with Gasteiger partial charge in [0.15, 0.2) is 5.78 Å². The third-order valence-corrected chi connectivity index (χ3v) is 3.97. The lowest BCUT2D eigenvalue weighted by Gasteiger charge is -2.27. The second kappa shape index (κ2) is 4.69. The van der Waals surface area contributed by atoms with E-state index in [1.165, 1.54) is 0 Å². The van der Waals surface area contributed by atoms with E-state index in [4.69, 9.17) is 0 Å². The molecule has 1 aliphatic rings. The molecule has 0 atom stereocenters. The van der Waals surface area contributed by atoms with Crippen LogP contribution in [0.3, 0.4) is 0 Å². The highest BCUT2D eigenvalue weighted by Gasteiger charge is 2.19. The van der Waals surface area contributed by atoms with Gasteiger partial charge in [-0.05, 0) is 18.6 Å². The third kappa shape index (κ3) is 2.01. The second-order valence-corrected chi connectivity index (χ2v) is 5.39. The van der Waals surface area contributed by atoms with Crippen LogP contribution in [-0.4, -0.2) is 23.9 Å². The number of benzene rings is 1. The van der Waals surface area contributed by atoms with Gasteiger partial charge >= 0.3 is 0 Å². The minimum atomic E-state index is 0.301. The van der Waals surface area contributed by atoms with Crippen LogP contribution in [0, 0.1) is 0 Å². The Morgan fingerprint density at radius 3 is 2.94 bits per heavy atom. The normalized spacial score (nSPS) is 16.3. The summed E-state index contributed by atoms with van der Waals surface area (Å²) in [5.41, 5.74) is 0. The molecule has 1 saturated heterocycles. The summed E-state index contributed by atoms with van der Waals surface area (Å²) in [6.45, 7) is 1.39. The number of Topliss-reactive ketones (excluding diaryl/α,β-unsaturated/α-hetero) is 1. The van der Waals surface area contributed by atoms with Gasteiger partial charge in [0, 0.05) is 34.4 Å². The number of fused-ring (bicyclic) bond motifs is 1. The summed E-state index contributed by atoms with van der Waals surface area (Å²) in [5, 5.41) is 2.24. The standard InChI is InChI=1S/C14H13BrN2O/c15-13-5-1-4-12-11(13)6-7-16-14(12)17-8-2-3-10(18)9-17/h1,4-7H,2-3,8-9H2. The van der Waals surface area contributed by atoms with Crippen LogP contribution in [-0.2, 0) is 4.79 Å². The Morgan fingerprint density at radius 2 is 2.11 bits per heavy atom. The number of aromatic nitrogens is 1. The molecule has 0 unspecified atom stereocenters. The zero-order valence-electron chi connectivity index (χ0n) is 9.90. The van der Waals surface area contributed by atoms with Crippen molar-refractivity contribution in [2.24, 2.45) is 0 Å². The number of pyridine rings is 1. The molecule has 4 heteroatoms. The first kappa shape index (κ1) is 11.7. The van der Waals surface area contributed by atoms with E-state index in [-0.39, 0.29) is 0 Å². The summed E-state index contributed by atoms with van der Waals surface area (Å²) in [6, 6.07) is 8.08. The van der Waals surface area contributed by atoms with Gasteiger partial charge in [-0.1, -0.05) is 28.1 Å². The fraction of sp³-hybridized carbons (Fsp3) is 0.286. The molecule has 0 amide bonds. The van der Waals surface area contributed by atoms with E-state index in [1.807, 2.05) is 24.4 Å². The molecule has 1 fully saturated rings. The first-order chi connectivity index (χ1) is 8.75. The molecule has 0 N–H and O–H groups in total. The molecular weight excluding hydrogens is 292 g/mol. The van der Waals surface area contributed by atoms with Crippen LogP contribution in [0.1, 0.15) is 12.8 Å². The van der Waals surface area contributed by atoms with Crippen LogP contribution in [0.5, 0.6) is 0 Å². The minimum Gasteiger partial charge on any atom is -0.349 e. The van der Waals surface area contributed by atoms with E-state index in [2.05, 4.69) is 31.9 Å². The van der Waals surface area contributed by atoms with Crippen molar-refractivity contribution in [2.45, 2.75) is 12.8 Å². The van der Waals surface area contributed by atoms with Gasteiger partial charge < -0.3 is 4.90 Å². The van der Waals surface area contributed by atoms with E-state index in [1.54, 1.807) is 0 Å². The smallest absolute Gasteiger partial charge is 0.152 e. The predicted molar refractivity (Wildman–Crippen MR) is 75.9 cm³/mol. The average Bonchev–Trinajstić information content (AvgIpc) is 2.39. The van der Waals surface area contributed by atoms with Crippen molar-refractivity contribution in [3.63, 3.8) is 0 Å². The van der Waals surface area contributed by atoms with Gasteiger partial charge in [0.05, 0.1) is 6.54 Å². The Labute approximate surface area is 114 Å². The van der Waals surface area contributed by atoms with Crippen molar-refractivity contribution in [3.05, 3.63) is 34.9 Å². The van der Waals surface area contributed by atoms with Gasteiger partial charge in [-0.2, -0.15) is 0 Å². The number of anilines is 1. The number of piperidine rings is 1. The van der Waals surface area contributed by atoms with Crippen molar-refractivity contribution in [3.8, 4) is 0 Å². The zero-order valence-corrected chi connectivity index (χ0v) is 11.5. The lowest BCUT2D eigenvalue weighted by molar-refractivity contribution is -0.118. The number of hydrogen-bond acceptors (Lipinski definition) is 3. The Bertz CT molecular complexity index is 612. The van der Waals surface area contributed by atoms with Crippen LogP contribution in [0.2, 0.25) is 0 Å². The number of ketones is 1. The van der Waals surface area contributed by atoms with Crippen LogP contribution < -0.4 is 4.90 Å². The first-order valence-electron chi connectivity index (χ1n) is 6.05. The number of rotatable bonds is 1. The van der Waals surface area contributed by atoms with Crippen molar-refractivity contribution in [1.82, 2.24) is 4.98 Å². The SMILES string of the molecule is O=C1CCCN(c2nccc3c(Br)cccc23)C1. The molecule has 0 bridgehead atoms.